The fourth-order valence-electron chi connectivity index (χ4n) is 8.77. The van der Waals surface area contributed by atoms with Crippen LogP contribution >= 0.6 is 0 Å². The SMILES string of the molecule is C=C(C)COCCNC(=O)OC1CCN(c2cc3c4c(c5c(c3cc2OC)OC(c2ccc(F)cc2)(c2ccc(OC)cc2)C=C5)C(C)(C)c2ccccc2-4)CC1. The van der Waals surface area contributed by atoms with E-state index in [1.807, 2.05) is 31.2 Å². The number of piperidine rings is 1. The number of hydrogen-bond donors (Lipinski definition) is 1. The Morgan fingerprint density at radius 1 is 0.947 bits per heavy atom. The van der Waals surface area contributed by atoms with E-state index in [2.05, 4.69) is 79.2 Å². The zero-order chi connectivity index (χ0) is 39.9. The summed E-state index contributed by atoms with van der Waals surface area (Å²) >= 11 is 0. The minimum Gasteiger partial charge on any atom is -0.497 e. The number of halogens is 1. The van der Waals surface area contributed by atoms with Gasteiger partial charge in [-0.1, -0.05) is 80.6 Å². The number of rotatable bonds is 11. The highest BCUT2D eigenvalue weighted by Crippen LogP contribution is 2.59. The lowest BCUT2D eigenvalue weighted by atomic mass is 9.76. The lowest BCUT2D eigenvalue weighted by molar-refractivity contribution is 0.0796. The van der Waals surface area contributed by atoms with Crippen LogP contribution in [0.15, 0.2) is 103 Å². The summed E-state index contributed by atoms with van der Waals surface area (Å²) in [5.74, 6) is 1.87. The van der Waals surface area contributed by atoms with Gasteiger partial charge in [-0.15, -0.1) is 0 Å². The summed E-state index contributed by atoms with van der Waals surface area (Å²) < 4.78 is 44.8. The number of ether oxygens (including phenoxy) is 5. The van der Waals surface area contributed by atoms with Gasteiger partial charge in [-0.2, -0.15) is 0 Å². The van der Waals surface area contributed by atoms with Crippen molar-refractivity contribution >= 4 is 28.6 Å². The number of alkyl carbamates (subject to hydrolysis) is 1. The number of anilines is 1. The number of nitrogens with one attached hydrogen (secondary N) is 1. The van der Waals surface area contributed by atoms with E-state index >= 15 is 0 Å². The van der Waals surface area contributed by atoms with Crippen molar-refractivity contribution in [3.8, 4) is 28.4 Å². The quantitative estimate of drug-likeness (QED) is 0.106. The predicted octanol–water partition coefficient (Wildman–Crippen LogP) is 9.94. The van der Waals surface area contributed by atoms with Crippen molar-refractivity contribution in [2.24, 2.45) is 0 Å². The van der Waals surface area contributed by atoms with Crippen molar-refractivity contribution < 1.29 is 32.9 Å². The molecule has 0 aromatic heterocycles. The predicted molar refractivity (Wildman–Crippen MR) is 223 cm³/mol. The van der Waals surface area contributed by atoms with E-state index in [4.69, 9.17) is 23.7 Å². The second-order valence-corrected chi connectivity index (χ2v) is 15.7. The van der Waals surface area contributed by atoms with Gasteiger partial charge < -0.3 is 33.9 Å². The van der Waals surface area contributed by atoms with Crippen molar-refractivity contribution in [2.45, 2.75) is 50.7 Å². The van der Waals surface area contributed by atoms with Crippen LogP contribution in [0.2, 0.25) is 0 Å². The maximum atomic E-state index is 14.4. The van der Waals surface area contributed by atoms with Crippen LogP contribution in [-0.4, -0.2) is 59.3 Å². The summed E-state index contributed by atoms with van der Waals surface area (Å²) in [4.78, 5) is 14.9. The van der Waals surface area contributed by atoms with E-state index in [9.17, 15) is 9.18 Å². The van der Waals surface area contributed by atoms with Gasteiger partial charge in [0, 0.05) is 60.0 Å². The van der Waals surface area contributed by atoms with E-state index in [1.54, 1.807) is 26.4 Å². The average molecular weight is 769 g/mol. The normalized spacial score (nSPS) is 18.0. The topological polar surface area (TPSA) is 78.5 Å². The summed E-state index contributed by atoms with van der Waals surface area (Å²) in [6, 6.07) is 27.4. The van der Waals surface area contributed by atoms with Gasteiger partial charge in [0.2, 0.25) is 0 Å². The van der Waals surface area contributed by atoms with E-state index in [1.165, 1.54) is 34.4 Å². The minimum absolute atomic E-state index is 0.203. The molecule has 0 radical (unpaired) electrons. The van der Waals surface area contributed by atoms with Crippen LogP contribution in [0.25, 0.3) is 28.0 Å². The van der Waals surface area contributed by atoms with Crippen LogP contribution in [0.3, 0.4) is 0 Å². The summed E-state index contributed by atoms with van der Waals surface area (Å²) in [5, 5.41) is 4.77. The average Bonchev–Trinajstić information content (AvgIpc) is 3.47. The van der Waals surface area contributed by atoms with Gasteiger partial charge in [0.25, 0.3) is 0 Å². The summed E-state index contributed by atoms with van der Waals surface area (Å²) in [7, 11) is 3.34. The molecule has 9 heteroatoms. The molecular formula is C48H49FN2O6. The van der Waals surface area contributed by atoms with Gasteiger partial charge in [-0.3, -0.25) is 0 Å². The van der Waals surface area contributed by atoms with Gasteiger partial charge in [-0.25, -0.2) is 9.18 Å². The smallest absolute Gasteiger partial charge is 0.407 e. The minimum atomic E-state index is -1.07. The maximum Gasteiger partial charge on any atom is 0.407 e. The van der Waals surface area contributed by atoms with E-state index in [-0.39, 0.29) is 17.3 Å². The second-order valence-electron chi connectivity index (χ2n) is 15.7. The van der Waals surface area contributed by atoms with Gasteiger partial charge in [0.15, 0.2) is 5.60 Å². The Morgan fingerprint density at radius 2 is 1.65 bits per heavy atom. The van der Waals surface area contributed by atoms with E-state index in [0.29, 0.717) is 45.7 Å². The first-order valence-corrected chi connectivity index (χ1v) is 19.6. The molecule has 0 spiro atoms. The van der Waals surface area contributed by atoms with Crippen molar-refractivity contribution in [2.75, 3.05) is 52.0 Å². The molecule has 3 aliphatic rings. The zero-order valence-electron chi connectivity index (χ0n) is 33.2. The maximum absolute atomic E-state index is 14.4. The third kappa shape index (κ3) is 6.88. The molecule has 0 bridgehead atoms. The lowest BCUT2D eigenvalue weighted by Crippen LogP contribution is -2.40. The zero-order valence-corrected chi connectivity index (χ0v) is 33.2. The number of amides is 1. The molecule has 1 aliphatic carbocycles. The van der Waals surface area contributed by atoms with E-state index < -0.39 is 11.7 Å². The van der Waals surface area contributed by atoms with Crippen LogP contribution < -0.4 is 24.4 Å². The number of methoxy groups -OCH3 is 2. The molecule has 2 aliphatic heterocycles. The molecule has 8 rings (SSSR count). The van der Waals surface area contributed by atoms with Crippen LogP contribution in [-0.2, 0) is 20.5 Å². The largest absolute Gasteiger partial charge is 0.497 e. The van der Waals surface area contributed by atoms with E-state index in [0.717, 1.165) is 56.0 Å². The van der Waals surface area contributed by atoms with Crippen LogP contribution in [0.1, 0.15) is 61.4 Å². The van der Waals surface area contributed by atoms with Crippen molar-refractivity contribution in [1.29, 1.82) is 0 Å². The number of carbonyl (C=O) groups is 1. The number of fused-ring (bicyclic) bond motifs is 8. The summed E-state index contributed by atoms with van der Waals surface area (Å²) in [5.41, 5.74) is 8.03. The van der Waals surface area contributed by atoms with Crippen LogP contribution in [0, 0.1) is 5.82 Å². The van der Waals surface area contributed by atoms with Gasteiger partial charge in [0.05, 0.1) is 33.1 Å². The fraction of sp³-hybridized carbons (Fsp3) is 0.312. The molecule has 2 heterocycles. The molecule has 57 heavy (non-hydrogen) atoms. The van der Waals surface area contributed by atoms with Crippen LogP contribution in [0.5, 0.6) is 17.2 Å². The standard InChI is InChI=1S/C48H49FN2O6/c1-30(2)29-55-26-23-50-46(52)56-35-20-24-51(25-21-35)41-27-38-39(28-42(41)54-6)45-37(44-43(38)36-9-7-8-10-40(36)47(44,3)4)19-22-48(57-45,31-11-15-33(49)16-12-31)32-13-17-34(53-5)18-14-32/h7-19,22,27-28,35H,1,20-21,23-26,29H2,2-6H3,(H,50,52). The number of nitrogens with zero attached hydrogens (tertiary/aromatic N) is 1. The highest BCUT2D eigenvalue weighted by molar-refractivity contribution is 6.10. The Labute approximate surface area is 333 Å². The first kappa shape index (κ1) is 38.1. The Balaban J connectivity index is 1.20. The van der Waals surface area contributed by atoms with Crippen LogP contribution in [0.4, 0.5) is 14.9 Å². The fourth-order valence-corrected chi connectivity index (χ4v) is 8.77. The number of carbonyl (C=O) groups excluding carboxylic acids is 1. The Bertz CT molecular complexity index is 2360. The molecule has 1 atom stereocenters. The molecule has 5 aromatic rings. The van der Waals surface area contributed by atoms with Gasteiger partial charge in [-0.05, 0) is 77.0 Å². The number of hydrogen-bond acceptors (Lipinski definition) is 7. The molecular weight excluding hydrogens is 720 g/mol. The highest BCUT2D eigenvalue weighted by Gasteiger charge is 2.44. The molecule has 294 valence electrons. The summed E-state index contributed by atoms with van der Waals surface area (Å²) in [6.45, 7) is 12.9. The third-order valence-corrected chi connectivity index (χ3v) is 11.6. The first-order chi connectivity index (χ1) is 27.5. The highest BCUT2D eigenvalue weighted by atomic mass is 19.1. The molecule has 5 aromatic carbocycles. The Morgan fingerprint density at radius 3 is 2.33 bits per heavy atom. The third-order valence-electron chi connectivity index (χ3n) is 11.6. The molecule has 0 saturated carbocycles. The Kier molecular flexibility index (Phi) is 10.2. The van der Waals surface area contributed by atoms with Crippen molar-refractivity contribution in [3.63, 3.8) is 0 Å². The summed E-state index contributed by atoms with van der Waals surface area (Å²) in [6.07, 6.45) is 5.01. The van der Waals surface area contributed by atoms with Gasteiger partial charge in [0.1, 0.15) is 29.2 Å². The van der Waals surface area contributed by atoms with Gasteiger partial charge >= 0.3 is 6.09 Å². The molecule has 1 N–H and O–H groups in total. The molecule has 1 amide bonds. The molecule has 1 unspecified atom stereocenters. The number of benzene rings is 5. The Hall–Kier alpha value is -5.80. The van der Waals surface area contributed by atoms with Crippen molar-refractivity contribution in [1.82, 2.24) is 5.32 Å². The molecule has 8 nitrogen and oxygen atoms in total. The first-order valence-electron chi connectivity index (χ1n) is 19.6. The molecule has 1 saturated heterocycles. The molecule has 1 fully saturated rings. The lowest BCUT2D eigenvalue weighted by Gasteiger charge is -2.39. The monoisotopic (exact) mass is 768 g/mol. The second kappa shape index (κ2) is 15.3. The van der Waals surface area contributed by atoms with Crippen molar-refractivity contribution in [3.05, 3.63) is 137 Å².